The van der Waals surface area contributed by atoms with Gasteiger partial charge in [0.05, 0.1) is 5.56 Å². The Balaban J connectivity index is 3.68. The second-order valence-corrected chi connectivity index (χ2v) is 15.4. The Kier molecular flexibility index (Phi) is 10.2. The first-order valence-electron chi connectivity index (χ1n) is 9.17. The maximum absolute atomic E-state index is 5.49. The van der Waals surface area contributed by atoms with E-state index in [1.54, 1.807) is 42.7 Å². The van der Waals surface area contributed by atoms with E-state index < -0.39 is 25.7 Å². The first-order valence-corrected chi connectivity index (χ1v) is 16.1. The van der Waals surface area contributed by atoms with E-state index in [1.165, 1.54) is 0 Å². The zero-order chi connectivity index (χ0) is 22.8. The molecule has 0 saturated heterocycles. The smallest absolute Gasteiger partial charge is 0.389 e. The average molecular weight is 463 g/mol. The lowest BCUT2D eigenvalue weighted by molar-refractivity contribution is 0.266. The molecule has 6 nitrogen and oxygen atoms in total. The molecule has 30 heavy (non-hydrogen) atoms. The van der Waals surface area contributed by atoms with Crippen LogP contribution in [0.25, 0.3) is 0 Å². The summed E-state index contributed by atoms with van der Waals surface area (Å²) in [4.78, 5) is 0. The van der Waals surface area contributed by atoms with Gasteiger partial charge in [0.1, 0.15) is 0 Å². The fraction of sp³-hybridized carbons (Fsp3) is 0.429. The third-order valence-electron chi connectivity index (χ3n) is 4.66. The molecule has 0 fully saturated rings. The Labute approximate surface area is 183 Å². The summed E-state index contributed by atoms with van der Waals surface area (Å²) >= 11 is 0. The van der Waals surface area contributed by atoms with Gasteiger partial charge in [-0.3, -0.25) is 0 Å². The predicted octanol–water partition coefficient (Wildman–Crippen LogP) is 2.45. The lowest BCUT2D eigenvalue weighted by Gasteiger charge is -2.16. The molecular weight excluding hydrogens is 432 g/mol. The molecular formula is C21H30O6Si3. The molecule has 1 rings (SSSR count). The van der Waals surface area contributed by atoms with Gasteiger partial charge in [0.25, 0.3) is 0 Å². The van der Waals surface area contributed by atoms with Crippen LogP contribution in [0.5, 0.6) is 0 Å². The second-order valence-electron chi connectivity index (χ2n) is 6.54. The summed E-state index contributed by atoms with van der Waals surface area (Å²) in [7, 11) is 1.83. The zero-order valence-corrected chi connectivity index (χ0v) is 22.2. The molecule has 162 valence electrons. The van der Waals surface area contributed by atoms with E-state index in [2.05, 4.69) is 34.4 Å². The molecule has 0 N–H and O–H groups in total. The van der Waals surface area contributed by atoms with Crippen molar-refractivity contribution in [3.8, 4) is 34.4 Å². The monoisotopic (exact) mass is 462 g/mol. The summed E-state index contributed by atoms with van der Waals surface area (Å²) in [5.74, 6) is 9.53. The molecule has 9 heteroatoms. The summed E-state index contributed by atoms with van der Waals surface area (Å²) in [6.07, 6.45) is 0. The van der Waals surface area contributed by atoms with Crippen LogP contribution >= 0.6 is 0 Å². The topological polar surface area (TPSA) is 55.4 Å². The molecule has 0 atom stereocenters. The highest BCUT2D eigenvalue weighted by Gasteiger charge is 2.28. The van der Waals surface area contributed by atoms with E-state index in [1.807, 2.05) is 37.8 Å². The first kappa shape index (κ1) is 26.3. The van der Waals surface area contributed by atoms with Gasteiger partial charge in [0.2, 0.25) is 0 Å². The molecule has 1 aromatic carbocycles. The second kappa shape index (κ2) is 11.6. The first-order chi connectivity index (χ1) is 14.1. The Morgan fingerprint density at radius 2 is 0.833 bits per heavy atom. The molecule has 0 aliphatic heterocycles. The third-order valence-corrected chi connectivity index (χ3v) is 11.1. The summed E-state index contributed by atoms with van der Waals surface area (Å²) in [6, 6.07) is 5.67. The van der Waals surface area contributed by atoms with Gasteiger partial charge >= 0.3 is 25.7 Å². The minimum Gasteiger partial charge on any atom is -0.389 e. The van der Waals surface area contributed by atoms with Crippen LogP contribution in [0, 0.1) is 34.4 Å². The molecule has 0 heterocycles. The van der Waals surface area contributed by atoms with Crippen molar-refractivity contribution in [3.05, 3.63) is 34.9 Å². The van der Waals surface area contributed by atoms with Gasteiger partial charge in [-0.25, -0.2) is 0 Å². The molecule has 0 unspecified atom stereocenters. The molecule has 0 amide bonds. The molecule has 0 bridgehead atoms. The highest BCUT2D eigenvalue weighted by Crippen LogP contribution is 2.15. The van der Waals surface area contributed by atoms with Gasteiger partial charge in [0.15, 0.2) is 0 Å². The fourth-order valence-corrected chi connectivity index (χ4v) is 4.18. The molecule has 0 radical (unpaired) electrons. The fourth-order valence-electron chi connectivity index (χ4n) is 1.99. The van der Waals surface area contributed by atoms with E-state index >= 15 is 0 Å². The molecule has 0 spiro atoms. The molecule has 1 aromatic rings. The van der Waals surface area contributed by atoms with Gasteiger partial charge in [-0.15, -0.1) is 0 Å². The number of rotatable bonds is 6. The lowest BCUT2D eigenvalue weighted by atomic mass is 10.0. The van der Waals surface area contributed by atoms with E-state index in [9.17, 15) is 0 Å². The highest BCUT2D eigenvalue weighted by atomic mass is 28.4. The van der Waals surface area contributed by atoms with Crippen molar-refractivity contribution in [3.63, 3.8) is 0 Å². The van der Waals surface area contributed by atoms with Crippen LogP contribution in [-0.4, -0.2) is 68.3 Å². The molecule has 0 saturated carbocycles. The van der Waals surface area contributed by atoms with Crippen molar-refractivity contribution >= 4 is 25.7 Å². The van der Waals surface area contributed by atoms with Gasteiger partial charge in [-0.2, -0.15) is 0 Å². The normalized spacial score (nSPS) is 11.5. The molecule has 0 aromatic heterocycles. The highest BCUT2D eigenvalue weighted by molar-refractivity contribution is 6.75. The van der Waals surface area contributed by atoms with Crippen LogP contribution in [0.15, 0.2) is 18.2 Å². The van der Waals surface area contributed by atoms with Gasteiger partial charge in [-0.1, -0.05) is 40.5 Å². The van der Waals surface area contributed by atoms with Crippen LogP contribution in [-0.2, 0) is 26.6 Å². The minimum absolute atomic E-state index is 0.692. The van der Waals surface area contributed by atoms with Crippen LogP contribution < -0.4 is 0 Å². The standard InChI is InChI=1S/C21H30O6Si3/c1-22-28(7,23-2)16-13-19-11-10-12-20(14-17-29(8,24-3)25-4)21(19)15-18-30(9,26-5)27-6/h10-12H,1-9H3. The van der Waals surface area contributed by atoms with Gasteiger partial charge < -0.3 is 26.6 Å². The van der Waals surface area contributed by atoms with Crippen molar-refractivity contribution < 1.29 is 26.6 Å². The van der Waals surface area contributed by atoms with Crippen LogP contribution in [0.4, 0.5) is 0 Å². The SMILES string of the molecule is CO[Si](C)(C#Cc1cccc(C#C[Si](C)(OC)OC)c1C#C[Si](C)(OC)OC)OC. The van der Waals surface area contributed by atoms with Crippen molar-refractivity contribution in [2.75, 3.05) is 42.7 Å². The number of hydrogen-bond acceptors (Lipinski definition) is 6. The number of hydrogen-bond donors (Lipinski definition) is 0. The third kappa shape index (κ3) is 7.22. The van der Waals surface area contributed by atoms with Crippen LogP contribution in [0.3, 0.4) is 0 Å². The van der Waals surface area contributed by atoms with E-state index in [-0.39, 0.29) is 0 Å². The predicted molar refractivity (Wildman–Crippen MR) is 124 cm³/mol. The quantitative estimate of drug-likeness (QED) is 0.478. The molecule has 0 aliphatic carbocycles. The Hall–Kier alpha value is -1.69. The molecule has 0 aliphatic rings. The van der Waals surface area contributed by atoms with Crippen molar-refractivity contribution in [1.29, 1.82) is 0 Å². The lowest BCUT2D eigenvalue weighted by Crippen LogP contribution is -2.35. The van der Waals surface area contributed by atoms with Crippen LogP contribution in [0.2, 0.25) is 19.6 Å². The average Bonchev–Trinajstić information content (AvgIpc) is 2.79. The Morgan fingerprint density at radius 1 is 0.533 bits per heavy atom. The summed E-state index contributed by atoms with van der Waals surface area (Å²) < 4.78 is 32.9. The van der Waals surface area contributed by atoms with E-state index in [0.29, 0.717) is 5.56 Å². The van der Waals surface area contributed by atoms with Crippen LogP contribution in [0.1, 0.15) is 16.7 Å². The summed E-state index contributed by atoms with van der Waals surface area (Å²) in [6.45, 7) is 5.63. The van der Waals surface area contributed by atoms with Crippen molar-refractivity contribution in [1.82, 2.24) is 0 Å². The maximum atomic E-state index is 5.49. The minimum atomic E-state index is -2.61. The number of benzene rings is 1. The zero-order valence-electron chi connectivity index (χ0n) is 19.2. The van der Waals surface area contributed by atoms with Gasteiger partial charge in [-0.05, 0) is 31.8 Å². The summed E-state index contributed by atoms with van der Waals surface area (Å²) in [5.41, 5.74) is 11.6. The van der Waals surface area contributed by atoms with Crippen molar-refractivity contribution in [2.24, 2.45) is 0 Å². The Bertz CT molecular complexity index is 848. The maximum Gasteiger partial charge on any atom is 0.420 e. The summed E-state index contributed by atoms with van der Waals surface area (Å²) in [5, 5.41) is 0. The van der Waals surface area contributed by atoms with E-state index in [0.717, 1.165) is 11.1 Å². The van der Waals surface area contributed by atoms with E-state index in [4.69, 9.17) is 26.6 Å². The van der Waals surface area contributed by atoms with Crippen molar-refractivity contribution in [2.45, 2.75) is 19.6 Å². The Morgan fingerprint density at radius 3 is 1.13 bits per heavy atom. The van der Waals surface area contributed by atoms with Gasteiger partial charge in [0, 0.05) is 53.8 Å². The largest absolute Gasteiger partial charge is 0.420 e.